The number of esters is 1. The fraction of sp³-hybridized carbons (Fsp3) is 0.727. The van der Waals surface area contributed by atoms with Gasteiger partial charge in [0.25, 0.3) is 0 Å². The van der Waals surface area contributed by atoms with Crippen molar-refractivity contribution in [3.8, 4) is 0 Å². The van der Waals surface area contributed by atoms with Gasteiger partial charge in [0.2, 0.25) is 0 Å². The predicted octanol–water partition coefficient (Wildman–Crippen LogP) is 1.90. The first-order valence-corrected chi connectivity index (χ1v) is 5.09. The lowest BCUT2D eigenvalue weighted by Crippen LogP contribution is -2.27. The van der Waals surface area contributed by atoms with Gasteiger partial charge in [-0.15, -0.1) is 6.58 Å². The van der Waals surface area contributed by atoms with Gasteiger partial charge in [0.15, 0.2) is 0 Å². The molecule has 2 atom stereocenters. The maximum Gasteiger partial charge on any atom is 0.311 e. The highest BCUT2D eigenvalue weighted by molar-refractivity contribution is 5.72. The molecule has 14 heavy (non-hydrogen) atoms. The van der Waals surface area contributed by atoms with Crippen LogP contribution in [0.15, 0.2) is 12.7 Å². The Morgan fingerprint density at radius 2 is 2.29 bits per heavy atom. The summed E-state index contributed by atoms with van der Waals surface area (Å²) in [5, 5.41) is 9.38. The standard InChI is InChI=1S/C11H20O3/c1-4-6-7-8-10(9(3)12)11(13)14-5-2/h4,9-10,12H,1,5-8H2,2-3H3/t9-,10+/m0/s1. The number of carbonyl (C=O) groups is 1. The number of rotatable bonds is 7. The maximum atomic E-state index is 11.4. The largest absolute Gasteiger partial charge is 0.466 e. The zero-order valence-electron chi connectivity index (χ0n) is 9.03. The quantitative estimate of drug-likeness (QED) is 0.388. The van der Waals surface area contributed by atoms with Gasteiger partial charge in [0.05, 0.1) is 18.6 Å². The minimum atomic E-state index is -0.640. The maximum absolute atomic E-state index is 11.4. The fourth-order valence-corrected chi connectivity index (χ4v) is 1.29. The summed E-state index contributed by atoms with van der Waals surface area (Å²) in [5.41, 5.74) is 0. The molecule has 0 spiro atoms. The number of carbonyl (C=O) groups excluding carboxylic acids is 1. The van der Waals surface area contributed by atoms with E-state index in [1.165, 1.54) is 0 Å². The highest BCUT2D eigenvalue weighted by Crippen LogP contribution is 2.15. The van der Waals surface area contributed by atoms with E-state index in [1.807, 2.05) is 6.08 Å². The van der Waals surface area contributed by atoms with E-state index in [1.54, 1.807) is 13.8 Å². The van der Waals surface area contributed by atoms with Gasteiger partial charge < -0.3 is 9.84 Å². The first kappa shape index (κ1) is 13.2. The van der Waals surface area contributed by atoms with Crippen LogP contribution in [-0.2, 0) is 9.53 Å². The van der Waals surface area contributed by atoms with Crippen LogP contribution in [-0.4, -0.2) is 23.8 Å². The van der Waals surface area contributed by atoms with Crippen molar-refractivity contribution in [2.45, 2.75) is 39.2 Å². The zero-order valence-corrected chi connectivity index (χ0v) is 9.03. The molecular formula is C11H20O3. The molecule has 0 unspecified atom stereocenters. The average molecular weight is 200 g/mol. The molecule has 0 saturated carbocycles. The van der Waals surface area contributed by atoms with Crippen molar-refractivity contribution < 1.29 is 14.6 Å². The Hall–Kier alpha value is -0.830. The van der Waals surface area contributed by atoms with Gasteiger partial charge in [0.1, 0.15) is 0 Å². The molecule has 0 fully saturated rings. The molecule has 0 aliphatic heterocycles. The lowest BCUT2D eigenvalue weighted by Gasteiger charge is -2.17. The molecular weight excluding hydrogens is 180 g/mol. The summed E-state index contributed by atoms with van der Waals surface area (Å²) in [6.45, 7) is 7.35. The molecule has 0 bridgehead atoms. The first-order valence-electron chi connectivity index (χ1n) is 5.09. The predicted molar refractivity (Wildman–Crippen MR) is 55.9 cm³/mol. The van der Waals surface area contributed by atoms with Crippen molar-refractivity contribution in [3.05, 3.63) is 12.7 Å². The monoisotopic (exact) mass is 200 g/mol. The first-order chi connectivity index (χ1) is 6.63. The lowest BCUT2D eigenvalue weighted by molar-refractivity contribution is -0.152. The van der Waals surface area contributed by atoms with Crippen LogP contribution in [0.25, 0.3) is 0 Å². The number of aliphatic hydroxyl groups excluding tert-OH is 1. The molecule has 0 aliphatic carbocycles. The Morgan fingerprint density at radius 1 is 1.64 bits per heavy atom. The normalized spacial score (nSPS) is 14.5. The molecule has 3 heteroatoms. The van der Waals surface area contributed by atoms with E-state index in [0.717, 1.165) is 12.8 Å². The minimum absolute atomic E-state index is 0.299. The zero-order chi connectivity index (χ0) is 11.0. The van der Waals surface area contributed by atoms with Crippen LogP contribution in [0, 0.1) is 5.92 Å². The second-order valence-electron chi connectivity index (χ2n) is 3.32. The number of ether oxygens (including phenoxy) is 1. The second kappa shape index (κ2) is 7.56. The fourth-order valence-electron chi connectivity index (χ4n) is 1.29. The molecule has 0 heterocycles. The highest BCUT2D eigenvalue weighted by Gasteiger charge is 2.23. The summed E-state index contributed by atoms with van der Waals surface area (Å²) in [6.07, 6.45) is 3.55. The minimum Gasteiger partial charge on any atom is -0.466 e. The summed E-state index contributed by atoms with van der Waals surface area (Å²) in [7, 11) is 0. The molecule has 0 aromatic carbocycles. The third-order valence-electron chi connectivity index (χ3n) is 2.10. The van der Waals surface area contributed by atoms with Crippen LogP contribution < -0.4 is 0 Å². The summed E-state index contributed by atoms with van der Waals surface area (Å²) < 4.78 is 4.87. The van der Waals surface area contributed by atoms with Crippen LogP contribution in [0.1, 0.15) is 33.1 Å². The highest BCUT2D eigenvalue weighted by atomic mass is 16.5. The topological polar surface area (TPSA) is 46.5 Å². The van der Waals surface area contributed by atoms with Crippen molar-refractivity contribution in [3.63, 3.8) is 0 Å². The van der Waals surface area contributed by atoms with E-state index in [9.17, 15) is 9.90 Å². The van der Waals surface area contributed by atoms with Gasteiger partial charge in [-0.3, -0.25) is 4.79 Å². The van der Waals surface area contributed by atoms with Crippen molar-refractivity contribution in [1.82, 2.24) is 0 Å². The lowest BCUT2D eigenvalue weighted by atomic mass is 9.97. The Bertz CT molecular complexity index is 175. The average Bonchev–Trinajstić information content (AvgIpc) is 2.12. The van der Waals surface area contributed by atoms with Gasteiger partial charge >= 0.3 is 5.97 Å². The van der Waals surface area contributed by atoms with Crippen LogP contribution >= 0.6 is 0 Å². The van der Waals surface area contributed by atoms with Gasteiger partial charge in [-0.1, -0.05) is 6.08 Å². The van der Waals surface area contributed by atoms with Crippen molar-refractivity contribution in [2.75, 3.05) is 6.61 Å². The molecule has 82 valence electrons. The van der Waals surface area contributed by atoms with Gasteiger partial charge in [-0.05, 0) is 33.1 Å². The smallest absolute Gasteiger partial charge is 0.311 e. The molecule has 0 radical (unpaired) electrons. The van der Waals surface area contributed by atoms with Crippen LogP contribution in [0.5, 0.6) is 0 Å². The van der Waals surface area contributed by atoms with E-state index in [0.29, 0.717) is 13.0 Å². The molecule has 3 nitrogen and oxygen atoms in total. The van der Waals surface area contributed by atoms with E-state index in [4.69, 9.17) is 4.74 Å². The van der Waals surface area contributed by atoms with Gasteiger partial charge in [0, 0.05) is 0 Å². The summed E-state index contributed by atoms with van der Waals surface area (Å²) in [6, 6.07) is 0. The number of hydrogen-bond acceptors (Lipinski definition) is 3. The van der Waals surface area contributed by atoms with Gasteiger partial charge in [-0.25, -0.2) is 0 Å². The van der Waals surface area contributed by atoms with Crippen LogP contribution in [0.3, 0.4) is 0 Å². The summed E-state index contributed by atoms with van der Waals surface area (Å²) in [4.78, 5) is 11.4. The Labute approximate surface area is 85.8 Å². The third kappa shape index (κ3) is 5.02. The summed E-state index contributed by atoms with van der Waals surface area (Å²) >= 11 is 0. The number of allylic oxidation sites excluding steroid dienone is 1. The van der Waals surface area contributed by atoms with Crippen LogP contribution in [0.2, 0.25) is 0 Å². The Morgan fingerprint density at radius 3 is 2.71 bits per heavy atom. The van der Waals surface area contributed by atoms with E-state index in [2.05, 4.69) is 6.58 Å². The van der Waals surface area contributed by atoms with Crippen molar-refractivity contribution in [1.29, 1.82) is 0 Å². The van der Waals surface area contributed by atoms with Crippen LogP contribution in [0.4, 0.5) is 0 Å². The molecule has 0 aromatic rings. The molecule has 0 rings (SSSR count). The third-order valence-corrected chi connectivity index (χ3v) is 2.10. The molecule has 0 saturated heterocycles. The second-order valence-corrected chi connectivity index (χ2v) is 3.32. The number of hydrogen-bond donors (Lipinski definition) is 1. The molecule has 0 aliphatic rings. The van der Waals surface area contributed by atoms with Crippen molar-refractivity contribution in [2.24, 2.45) is 5.92 Å². The van der Waals surface area contributed by atoms with Crippen molar-refractivity contribution >= 4 is 5.97 Å². The summed E-state index contributed by atoms with van der Waals surface area (Å²) in [5.74, 6) is -0.693. The Balaban J connectivity index is 4.00. The Kier molecular flexibility index (Phi) is 7.11. The molecule has 0 amide bonds. The van der Waals surface area contributed by atoms with E-state index in [-0.39, 0.29) is 5.97 Å². The molecule has 1 N–H and O–H groups in total. The molecule has 0 aromatic heterocycles. The number of unbranched alkanes of at least 4 members (excludes halogenated alkanes) is 1. The van der Waals surface area contributed by atoms with E-state index >= 15 is 0 Å². The van der Waals surface area contributed by atoms with Gasteiger partial charge in [-0.2, -0.15) is 0 Å². The van der Waals surface area contributed by atoms with E-state index < -0.39 is 12.0 Å². The number of aliphatic hydroxyl groups is 1. The SMILES string of the molecule is C=CCCC[C@@H](C(=O)OCC)[C@H](C)O.